The number of hydrogen-bond donors (Lipinski definition) is 1. The normalized spacial score (nSPS) is 12.7. The van der Waals surface area contributed by atoms with E-state index in [4.69, 9.17) is 17.3 Å². The minimum Gasteiger partial charge on any atom is -0.322 e. The van der Waals surface area contributed by atoms with Crippen LogP contribution >= 0.6 is 11.6 Å². The van der Waals surface area contributed by atoms with Crippen LogP contribution in [0.5, 0.6) is 0 Å². The molecule has 0 aliphatic carbocycles. The van der Waals surface area contributed by atoms with Crippen LogP contribution in [0.2, 0.25) is 5.02 Å². The van der Waals surface area contributed by atoms with Crippen LogP contribution in [-0.4, -0.2) is 9.78 Å². The average Bonchev–Trinajstić information content (AvgIpc) is 2.59. The molecule has 2 aromatic rings. The van der Waals surface area contributed by atoms with E-state index in [1.54, 1.807) is 10.9 Å². The molecule has 0 spiro atoms. The number of benzene rings is 1. The standard InChI is InChI=1S/C12H14ClN3/c1-9-11(13)7-16(15-9)8-12(14)10-5-3-2-4-6-10/h2-7,12H,8,14H2,1H3. The second kappa shape index (κ2) is 4.68. The monoisotopic (exact) mass is 235 g/mol. The second-order valence-corrected chi connectivity index (χ2v) is 4.21. The lowest BCUT2D eigenvalue weighted by Gasteiger charge is -2.11. The number of rotatable bonds is 3. The van der Waals surface area contributed by atoms with E-state index in [0.717, 1.165) is 11.3 Å². The quantitative estimate of drug-likeness (QED) is 0.889. The zero-order valence-electron chi connectivity index (χ0n) is 9.10. The van der Waals surface area contributed by atoms with Crippen molar-refractivity contribution >= 4 is 11.6 Å². The number of nitrogens with two attached hydrogens (primary N) is 1. The van der Waals surface area contributed by atoms with E-state index >= 15 is 0 Å². The molecule has 0 aliphatic heterocycles. The van der Waals surface area contributed by atoms with E-state index in [0.29, 0.717) is 11.6 Å². The summed E-state index contributed by atoms with van der Waals surface area (Å²) in [5.74, 6) is 0. The third kappa shape index (κ3) is 2.43. The molecule has 1 heterocycles. The largest absolute Gasteiger partial charge is 0.322 e. The van der Waals surface area contributed by atoms with Gasteiger partial charge in [0.05, 0.1) is 17.3 Å². The number of nitrogens with zero attached hydrogens (tertiary/aromatic N) is 2. The lowest BCUT2D eigenvalue weighted by atomic mass is 10.1. The van der Waals surface area contributed by atoms with Gasteiger partial charge in [-0.3, -0.25) is 4.68 Å². The summed E-state index contributed by atoms with van der Waals surface area (Å²) in [4.78, 5) is 0. The first-order valence-electron chi connectivity index (χ1n) is 5.17. The van der Waals surface area contributed by atoms with Gasteiger partial charge in [0.25, 0.3) is 0 Å². The summed E-state index contributed by atoms with van der Waals surface area (Å²) in [6, 6.07) is 9.92. The first-order chi connectivity index (χ1) is 7.66. The van der Waals surface area contributed by atoms with Crippen molar-refractivity contribution in [2.24, 2.45) is 5.73 Å². The molecule has 0 radical (unpaired) electrons. The Labute approximate surface area is 99.8 Å². The van der Waals surface area contributed by atoms with Gasteiger partial charge in [-0.1, -0.05) is 41.9 Å². The summed E-state index contributed by atoms with van der Waals surface area (Å²) in [6.07, 6.45) is 1.81. The molecular weight excluding hydrogens is 222 g/mol. The molecule has 0 bridgehead atoms. The molecular formula is C12H14ClN3. The van der Waals surface area contributed by atoms with Crippen molar-refractivity contribution in [3.63, 3.8) is 0 Å². The van der Waals surface area contributed by atoms with Gasteiger partial charge < -0.3 is 5.73 Å². The van der Waals surface area contributed by atoms with Gasteiger partial charge in [-0.25, -0.2) is 0 Å². The third-order valence-corrected chi connectivity index (χ3v) is 2.87. The van der Waals surface area contributed by atoms with Crippen LogP contribution in [0.4, 0.5) is 0 Å². The van der Waals surface area contributed by atoms with Gasteiger partial charge in [0.15, 0.2) is 0 Å². The van der Waals surface area contributed by atoms with Crippen LogP contribution in [0.15, 0.2) is 36.5 Å². The summed E-state index contributed by atoms with van der Waals surface area (Å²) in [5.41, 5.74) is 8.02. The minimum absolute atomic E-state index is 0.0587. The van der Waals surface area contributed by atoms with Gasteiger partial charge in [-0.05, 0) is 12.5 Å². The predicted molar refractivity (Wildman–Crippen MR) is 65.3 cm³/mol. The highest BCUT2D eigenvalue weighted by Crippen LogP contribution is 2.16. The zero-order valence-corrected chi connectivity index (χ0v) is 9.85. The summed E-state index contributed by atoms with van der Waals surface area (Å²) in [6.45, 7) is 2.52. The SMILES string of the molecule is Cc1nn(CC(N)c2ccccc2)cc1Cl. The fourth-order valence-electron chi connectivity index (χ4n) is 1.59. The van der Waals surface area contributed by atoms with Crippen LogP contribution in [0.1, 0.15) is 17.3 Å². The molecule has 2 rings (SSSR count). The van der Waals surface area contributed by atoms with E-state index < -0.39 is 0 Å². The van der Waals surface area contributed by atoms with Crippen molar-refractivity contribution < 1.29 is 0 Å². The maximum Gasteiger partial charge on any atom is 0.0814 e. The molecule has 2 N–H and O–H groups in total. The highest BCUT2D eigenvalue weighted by atomic mass is 35.5. The fraction of sp³-hybridized carbons (Fsp3) is 0.250. The molecule has 1 aromatic heterocycles. The lowest BCUT2D eigenvalue weighted by molar-refractivity contribution is 0.525. The van der Waals surface area contributed by atoms with Gasteiger partial charge in [0, 0.05) is 12.2 Å². The first kappa shape index (κ1) is 11.2. The smallest absolute Gasteiger partial charge is 0.0814 e. The molecule has 1 unspecified atom stereocenters. The number of aromatic nitrogens is 2. The van der Waals surface area contributed by atoms with Crippen LogP contribution in [0.25, 0.3) is 0 Å². The average molecular weight is 236 g/mol. The molecule has 3 nitrogen and oxygen atoms in total. The Morgan fingerprint density at radius 1 is 1.38 bits per heavy atom. The highest BCUT2D eigenvalue weighted by molar-refractivity contribution is 6.31. The molecule has 1 atom stereocenters. The summed E-state index contributed by atoms with van der Waals surface area (Å²) < 4.78 is 1.79. The number of halogens is 1. The molecule has 0 amide bonds. The topological polar surface area (TPSA) is 43.8 Å². The third-order valence-electron chi connectivity index (χ3n) is 2.50. The predicted octanol–water partition coefficient (Wildman–Crippen LogP) is 2.54. The molecule has 16 heavy (non-hydrogen) atoms. The molecule has 0 aliphatic rings. The maximum atomic E-state index is 6.08. The van der Waals surface area contributed by atoms with E-state index in [9.17, 15) is 0 Å². The Bertz CT molecular complexity index is 445. The highest BCUT2D eigenvalue weighted by Gasteiger charge is 2.08. The Morgan fingerprint density at radius 2 is 2.06 bits per heavy atom. The van der Waals surface area contributed by atoms with Crippen molar-refractivity contribution in [2.75, 3.05) is 0 Å². The maximum absolute atomic E-state index is 6.08. The summed E-state index contributed by atoms with van der Waals surface area (Å²) in [7, 11) is 0. The van der Waals surface area contributed by atoms with Crippen LogP contribution in [0, 0.1) is 6.92 Å². The lowest BCUT2D eigenvalue weighted by Crippen LogP contribution is -2.17. The van der Waals surface area contributed by atoms with E-state index in [-0.39, 0.29) is 6.04 Å². The van der Waals surface area contributed by atoms with Gasteiger partial charge in [-0.15, -0.1) is 0 Å². The van der Waals surface area contributed by atoms with Crippen LogP contribution in [0.3, 0.4) is 0 Å². The molecule has 1 aromatic carbocycles. The Kier molecular flexibility index (Phi) is 3.27. The van der Waals surface area contributed by atoms with Crippen molar-refractivity contribution in [3.8, 4) is 0 Å². The molecule has 0 saturated carbocycles. The van der Waals surface area contributed by atoms with Gasteiger partial charge in [0.1, 0.15) is 0 Å². The van der Waals surface area contributed by atoms with E-state index in [1.807, 2.05) is 37.3 Å². The van der Waals surface area contributed by atoms with Crippen LogP contribution < -0.4 is 5.73 Å². The van der Waals surface area contributed by atoms with Crippen molar-refractivity contribution in [1.29, 1.82) is 0 Å². The Hall–Kier alpha value is -1.32. The summed E-state index contributed by atoms with van der Waals surface area (Å²) >= 11 is 5.93. The minimum atomic E-state index is -0.0587. The molecule has 0 fully saturated rings. The van der Waals surface area contributed by atoms with Crippen molar-refractivity contribution in [2.45, 2.75) is 19.5 Å². The van der Waals surface area contributed by atoms with Gasteiger partial charge >= 0.3 is 0 Å². The number of hydrogen-bond acceptors (Lipinski definition) is 2. The summed E-state index contributed by atoms with van der Waals surface area (Å²) in [5, 5.41) is 4.96. The second-order valence-electron chi connectivity index (χ2n) is 3.80. The zero-order chi connectivity index (χ0) is 11.5. The molecule has 4 heteroatoms. The first-order valence-corrected chi connectivity index (χ1v) is 5.54. The van der Waals surface area contributed by atoms with Gasteiger partial charge in [-0.2, -0.15) is 5.10 Å². The van der Waals surface area contributed by atoms with Crippen molar-refractivity contribution in [1.82, 2.24) is 9.78 Å². The molecule has 0 saturated heterocycles. The van der Waals surface area contributed by atoms with Crippen molar-refractivity contribution in [3.05, 3.63) is 52.8 Å². The Morgan fingerprint density at radius 3 is 2.62 bits per heavy atom. The van der Waals surface area contributed by atoms with Crippen LogP contribution in [-0.2, 0) is 6.54 Å². The Balaban J connectivity index is 2.11. The van der Waals surface area contributed by atoms with E-state index in [1.165, 1.54) is 0 Å². The fourth-order valence-corrected chi connectivity index (χ4v) is 1.74. The number of aryl methyl sites for hydroxylation is 1. The van der Waals surface area contributed by atoms with Gasteiger partial charge in [0.2, 0.25) is 0 Å². The molecule has 84 valence electrons. The van der Waals surface area contributed by atoms with E-state index in [2.05, 4.69) is 5.10 Å².